The van der Waals surface area contributed by atoms with Crippen molar-refractivity contribution in [3.8, 4) is 0 Å². The van der Waals surface area contributed by atoms with Gasteiger partial charge in [0.25, 0.3) is 0 Å². The van der Waals surface area contributed by atoms with Crippen LogP contribution in [-0.4, -0.2) is 0 Å². The van der Waals surface area contributed by atoms with E-state index in [1.165, 1.54) is 0 Å². The smallest absolute Gasteiger partial charge is 0.822 e. The Morgan fingerprint density at radius 1 is 1.33 bits per heavy atom. The molecule has 0 N–H and O–H groups in total. The molecule has 6 heavy (non-hydrogen) atoms. The predicted molar refractivity (Wildman–Crippen MR) is 8.72 cm³/mol. The SMILES string of the molecule is O=P([O-])([O-])[O-].[H+].[U]. The van der Waals surface area contributed by atoms with Gasteiger partial charge in [0.15, 0.2) is 0 Å². The molecule has 4 nitrogen and oxygen atoms in total. The van der Waals surface area contributed by atoms with Crippen LogP contribution in [0.15, 0.2) is 0 Å². The third-order valence-corrected chi connectivity index (χ3v) is 0. The molecule has 0 unspecified atom stereocenters. The van der Waals surface area contributed by atoms with Gasteiger partial charge in [-0.2, -0.15) is 7.82 Å². The Bertz CT molecular complexity index is 57.8. The Kier molecular flexibility index (Phi) is 5.44. The second-order valence-corrected chi connectivity index (χ2v) is 1.34. The van der Waals surface area contributed by atoms with Crippen LogP contribution in [-0.2, 0) is 4.57 Å². The molecule has 0 saturated carbocycles. The molecular formula is HO4PU-2. The molecule has 36 valence electrons. The first-order chi connectivity index (χ1) is 2.00. The average Bonchev–Trinajstić information content (AvgIpc) is 0.722. The second kappa shape index (κ2) is 3.20. The van der Waals surface area contributed by atoms with Gasteiger partial charge in [0.2, 0.25) is 0 Å². The van der Waals surface area contributed by atoms with Gasteiger partial charge in [-0.1, -0.05) is 0 Å². The Morgan fingerprint density at radius 3 is 1.33 bits per heavy atom. The van der Waals surface area contributed by atoms with Crippen LogP contribution in [0.25, 0.3) is 0 Å². The second-order valence-electron chi connectivity index (χ2n) is 0.447. The molecule has 0 bridgehead atoms. The summed E-state index contributed by atoms with van der Waals surface area (Å²) in [5.41, 5.74) is 0. The molecule has 0 aromatic rings. The zero-order valence-corrected chi connectivity index (χ0v) is 7.64. The van der Waals surface area contributed by atoms with Gasteiger partial charge >= 0.3 is 1.43 Å². The van der Waals surface area contributed by atoms with Crippen LogP contribution in [0.5, 0.6) is 0 Å². The fourth-order valence-corrected chi connectivity index (χ4v) is 0. The van der Waals surface area contributed by atoms with E-state index in [1.807, 2.05) is 0 Å². The number of hydrogen-bond donors (Lipinski definition) is 0. The maximum atomic E-state index is 8.55. The third-order valence-electron chi connectivity index (χ3n) is 0. The summed E-state index contributed by atoms with van der Waals surface area (Å²) < 4.78 is 8.55. The van der Waals surface area contributed by atoms with Crippen LogP contribution in [0, 0.1) is 31.1 Å². The van der Waals surface area contributed by atoms with Gasteiger partial charge in [-0.3, -0.25) is 0 Å². The van der Waals surface area contributed by atoms with E-state index < -0.39 is 7.82 Å². The minimum absolute atomic E-state index is 0. The molecule has 0 heterocycles. The third kappa shape index (κ3) is 66.2. The molecule has 0 spiro atoms. The summed E-state index contributed by atoms with van der Waals surface area (Å²) in [5.74, 6) is 0. The summed E-state index contributed by atoms with van der Waals surface area (Å²) in [7, 11) is -5.39. The number of rotatable bonds is 0. The van der Waals surface area contributed by atoms with Crippen molar-refractivity contribution < 1.29 is 51.8 Å². The molecule has 0 aliphatic heterocycles. The van der Waals surface area contributed by atoms with E-state index in [0.717, 1.165) is 0 Å². The summed E-state index contributed by atoms with van der Waals surface area (Å²) >= 11 is 0. The molecule has 0 rings (SSSR count). The van der Waals surface area contributed by atoms with E-state index in [9.17, 15) is 0 Å². The zero-order chi connectivity index (χ0) is 4.50. The maximum Gasteiger partial charge on any atom is 1.00 e. The zero-order valence-electron chi connectivity index (χ0n) is 3.58. The van der Waals surface area contributed by atoms with Crippen LogP contribution >= 0.6 is 7.82 Å². The van der Waals surface area contributed by atoms with Crippen LogP contribution in [0.3, 0.4) is 0 Å². The van der Waals surface area contributed by atoms with E-state index in [1.54, 1.807) is 0 Å². The predicted octanol–water partition coefficient (Wildman–Crippen LogP) is -2.71. The quantitative estimate of drug-likeness (QED) is 0.451. The largest absolute Gasteiger partial charge is 1.00 e. The fraction of sp³-hybridized carbons (Fsp3) is 0. The van der Waals surface area contributed by atoms with E-state index in [-0.39, 0.29) is 32.5 Å². The van der Waals surface area contributed by atoms with Gasteiger partial charge in [-0.15, -0.1) is 0 Å². The first-order valence-corrected chi connectivity index (χ1v) is 2.19. The maximum absolute atomic E-state index is 8.55. The van der Waals surface area contributed by atoms with Crippen molar-refractivity contribution >= 4 is 7.82 Å². The number of phosphoric acid groups is 1. The van der Waals surface area contributed by atoms with Crippen molar-refractivity contribution in [2.75, 3.05) is 0 Å². The summed E-state index contributed by atoms with van der Waals surface area (Å²) in [6, 6.07) is 0. The Balaban J connectivity index is -0.0000000800. The van der Waals surface area contributed by atoms with Gasteiger partial charge < -0.3 is 19.2 Å². The molecule has 0 aliphatic rings. The summed E-state index contributed by atoms with van der Waals surface area (Å²) in [5, 5.41) is 0. The molecule has 0 amide bonds. The van der Waals surface area contributed by atoms with Crippen LogP contribution in [0.1, 0.15) is 1.43 Å². The van der Waals surface area contributed by atoms with Gasteiger partial charge in [0.05, 0.1) is 0 Å². The van der Waals surface area contributed by atoms with Gasteiger partial charge in [-0.05, 0) is 0 Å². The van der Waals surface area contributed by atoms with Gasteiger partial charge in [0.1, 0.15) is 0 Å². The topological polar surface area (TPSA) is 86.2 Å². The molecule has 0 saturated heterocycles. The number of hydrogen-bond acceptors (Lipinski definition) is 4. The Morgan fingerprint density at radius 2 is 1.33 bits per heavy atom. The van der Waals surface area contributed by atoms with Gasteiger partial charge in [-0.25, -0.2) is 0 Å². The molecule has 0 aliphatic carbocycles. The first-order valence-electron chi connectivity index (χ1n) is 0.730. The minimum Gasteiger partial charge on any atom is -0.822 e. The molecule has 0 atom stereocenters. The van der Waals surface area contributed by atoms with Crippen molar-refractivity contribution in [1.29, 1.82) is 0 Å². The van der Waals surface area contributed by atoms with Gasteiger partial charge in [0, 0.05) is 31.1 Å². The summed E-state index contributed by atoms with van der Waals surface area (Å²) in [6.45, 7) is 0. The van der Waals surface area contributed by atoms with Crippen molar-refractivity contribution in [2.24, 2.45) is 0 Å². The van der Waals surface area contributed by atoms with Crippen LogP contribution in [0.4, 0.5) is 0 Å². The van der Waals surface area contributed by atoms with E-state index in [0.29, 0.717) is 0 Å². The average molecular weight is 334 g/mol. The molecule has 6 heteroatoms. The Labute approximate surface area is 59.7 Å². The fourth-order valence-electron chi connectivity index (χ4n) is 0. The van der Waals surface area contributed by atoms with Crippen molar-refractivity contribution in [3.05, 3.63) is 0 Å². The van der Waals surface area contributed by atoms with Crippen LogP contribution < -0.4 is 14.7 Å². The normalized spacial score (nSPS) is 9.83. The molecule has 0 fully saturated rings. The standard InChI is InChI=1S/H3O4P.U/c1-5(2,3)4;/h(H3,1,2,3,4);/p-2. The molecular weight excluding hydrogens is 333 g/mol. The monoisotopic (exact) mass is 334 g/mol. The summed E-state index contributed by atoms with van der Waals surface area (Å²) in [6.07, 6.45) is 0. The van der Waals surface area contributed by atoms with Crippen LogP contribution in [0.2, 0.25) is 0 Å². The molecule has 0 aromatic carbocycles. The summed E-state index contributed by atoms with van der Waals surface area (Å²) in [4.78, 5) is 25.6. The Hall–Kier alpha value is 1.16. The van der Waals surface area contributed by atoms with Crippen molar-refractivity contribution in [2.45, 2.75) is 0 Å². The first kappa shape index (κ1) is 10.2. The van der Waals surface area contributed by atoms with Crippen molar-refractivity contribution in [1.82, 2.24) is 0 Å². The minimum atomic E-state index is -5.39. The van der Waals surface area contributed by atoms with E-state index in [2.05, 4.69) is 0 Å². The molecule has 0 aromatic heterocycles. The van der Waals surface area contributed by atoms with E-state index >= 15 is 0 Å². The molecule has 0 radical (unpaired) electrons. The van der Waals surface area contributed by atoms with Crippen molar-refractivity contribution in [3.63, 3.8) is 0 Å². The van der Waals surface area contributed by atoms with E-state index in [4.69, 9.17) is 19.2 Å².